The van der Waals surface area contributed by atoms with Gasteiger partial charge in [0.1, 0.15) is 24.0 Å². The molecule has 4 rings (SSSR count). The molecule has 2 aromatic carbocycles. The fraction of sp³-hybridized carbons (Fsp3) is 0.370. The molecule has 1 aliphatic carbocycles. The standard InChI is InChI=1S/C27H29NO6/c1-16(2)12-21(28-27(31)32-15-18-8-5-4-6-9-18)26(30)34-23-14-17(3)13-22-24(23)19-10-7-11-20(19)25(29)33-22/h4-6,8-9,13-14,16,21H,7,10-12,15H2,1-3H3,(H,28,31)/t21-/m0/s1. The summed E-state index contributed by atoms with van der Waals surface area (Å²) in [4.78, 5) is 38.0. The zero-order valence-corrected chi connectivity index (χ0v) is 19.7. The Kier molecular flexibility index (Phi) is 7.01. The van der Waals surface area contributed by atoms with Crippen molar-refractivity contribution in [2.75, 3.05) is 0 Å². The first-order valence-corrected chi connectivity index (χ1v) is 11.6. The van der Waals surface area contributed by atoms with Crippen LogP contribution in [0.1, 0.15) is 48.9 Å². The van der Waals surface area contributed by atoms with E-state index in [1.807, 2.05) is 51.1 Å². The lowest BCUT2D eigenvalue weighted by Gasteiger charge is -2.20. The van der Waals surface area contributed by atoms with Crippen molar-refractivity contribution in [1.82, 2.24) is 5.32 Å². The van der Waals surface area contributed by atoms with Crippen LogP contribution in [0.15, 0.2) is 51.7 Å². The molecule has 0 bridgehead atoms. The third kappa shape index (κ3) is 5.30. The van der Waals surface area contributed by atoms with Gasteiger partial charge in [0.05, 0.1) is 5.39 Å². The smallest absolute Gasteiger partial charge is 0.408 e. The Morgan fingerprint density at radius 1 is 1.09 bits per heavy atom. The van der Waals surface area contributed by atoms with Gasteiger partial charge in [-0.15, -0.1) is 0 Å². The lowest BCUT2D eigenvalue weighted by atomic mass is 10.0. The average Bonchev–Trinajstić information content (AvgIpc) is 3.28. The molecule has 0 radical (unpaired) electrons. The van der Waals surface area contributed by atoms with E-state index in [2.05, 4.69) is 5.32 Å². The molecule has 1 atom stereocenters. The van der Waals surface area contributed by atoms with Gasteiger partial charge in [0.2, 0.25) is 0 Å². The summed E-state index contributed by atoms with van der Waals surface area (Å²) in [6.45, 7) is 5.86. The molecule has 1 heterocycles. The highest BCUT2D eigenvalue weighted by atomic mass is 16.6. The van der Waals surface area contributed by atoms with E-state index in [4.69, 9.17) is 13.9 Å². The molecule has 0 unspecified atom stereocenters. The van der Waals surface area contributed by atoms with Crippen LogP contribution < -0.4 is 15.7 Å². The van der Waals surface area contributed by atoms with Crippen molar-refractivity contribution >= 4 is 23.0 Å². The fourth-order valence-corrected chi connectivity index (χ4v) is 4.36. The van der Waals surface area contributed by atoms with Crippen LogP contribution in [0.3, 0.4) is 0 Å². The van der Waals surface area contributed by atoms with E-state index in [-0.39, 0.29) is 18.2 Å². The number of fused-ring (bicyclic) bond motifs is 3. The van der Waals surface area contributed by atoms with Gasteiger partial charge >= 0.3 is 17.7 Å². The summed E-state index contributed by atoms with van der Waals surface area (Å²) >= 11 is 0. The highest BCUT2D eigenvalue weighted by Gasteiger charge is 2.28. The number of aryl methyl sites for hydroxylation is 2. The minimum atomic E-state index is -0.886. The van der Waals surface area contributed by atoms with E-state index in [0.29, 0.717) is 35.1 Å². The number of nitrogens with one attached hydrogen (secondary N) is 1. The maximum absolute atomic E-state index is 13.2. The van der Waals surface area contributed by atoms with Gasteiger partial charge in [0, 0.05) is 5.56 Å². The molecule has 3 aromatic rings. The predicted molar refractivity (Wildman–Crippen MR) is 128 cm³/mol. The van der Waals surface area contributed by atoms with Crippen LogP contribution >= 0.6 is 0 Å². The van der Waals surface area contributed by atoms with E-state index in [1.165, 1.54) is 0 Å². The van der Waals surface area contributed by atoms with E-state index in [0.717, 1.165) is 29.5 Å². The number of carbonyl (C=O) groups excluding carboxylic acids is 2. The van der Waals surface area contributed by atoms with Crippen molar-refractivity contribution in [3.8, 4) is 5.75 Å². The van der Waals surface area contributed by atoms with Crippen LogP contribution in [-0.4, -0.2) is 18.1 Å². The highest BCUT2D eigenvalue weighted by molar-refractivity contribution is 5.92. The van der Waals surface area contributed by atoms with E-state index < -0.39 is 18.1 Å². The van der Waals surface area contributed by atoms with Crippen LogP contribution in [0, 0.1) is 12.8 Å². The topological polar surface area (TPSA) is 94.8 Å². The lowest BCUT2D eigenvalue weighted by molar-refractivity contribution is -0.137. The van der Waals surface area contributed by atoms with Crippen LogP contribution in [0.4, 0.5) is 4.79 Å². The normalized spacial score (nSPS) is 13.5. The largest absolute Gasteiger partial charge is 0.445 e. The first kappa shape index (κ1) is 23.5. The Labute approximate surface area is 198 Å². The molecule has 0 saturated carbocycles. The quantitative estimate of drug-likeness (QED) is 0.306. The summed E-state index contributed by atoms with van der Waals surface area (Å²) in [7, 11) is 0. The Morgan fingerprint density at radius 3 is 2.56 bits per heavy atom. The van der Waals surface area contributed by atoms with E-state index in [1.54, 1.807) is 12.1 Å². The fourth-order valence-electron chi connectivity index (χ4n) is 4.36. The second-order valence-electron chi connectivity index (χ2n) is 9.15. The molecule has 1 amide bonds. The molecule has 7 heteroatoms. The molecule has 0 spiro atoms. The molecule has 1 aromatic heterocycles. The summed E-state index contributed by atoms with van der Waals surface area (Å²) < 4.78 is 16.7. The Bertz CT molecular complexity index is 1260. The zero-order chi connectivity index (χ0) is 24.2. The molecule has 178 valence electrons. The number of rotatable bonds is 7. The van der Waals surface area contributed by atoms with Crippen molar-refractivity contribution < 1.29 is 23.5 Å². The molecule has 0 aliphatic heterocycles. The number of esters is 1. The number of carbonyl (C=O) groups is 2. The van der Waals surface area contributed by atoms with Crippen LogP contribution in [0.2, 0.25) is 0 Å². The SMILES string of the molecule is Cc1cc(OC(=O)[C@H](CC(C)C)NC(=O)OCc2ccccc2)c2c3c(c(=O)oc2c1)CCC3. The molecule has 1 aliphatic rings. The number of alkyl carbamates (subject to hydrolysis) is 1. The maximum atomic E-state index is 13.2. The second-order valence-corrected chi connectivity index (χ2v) is 9.15. The molecule has 0 fully saturated rings. The van der Waals surface area contributed by atoms with Gasteiger partial charge in [0.15, 0.2) is 0 Å². The number of ether oxygens (including phenoxy) is 2. The Hall–Kier alpha value is -3.61. The third-order valence-corrected chi connectivity index (χ3v) is 5.89. The van der Waals surface area contributed by atoms with Gasteiger partial charge in [0.25, 0.3) is 0 Å². The van der Waals surface area contributed by atoms with Gasteiger partial charge in [-0.1, -0.05) is 44.2 Å². The average molecular weight is 464 g/mol. The number of hydrogen-bond donors (Lipinski definition) is 1. The summed E-state index contributed by atoms with van der Waals surface area (Å²) in [5.41, 5.74) is 3.25. The zero-order valence-electron chi connectivity index (χ0n) is 19.7. The van der Waals surface area contributed by atoms with Crippen molar-refractivity contribution in [2.45, 2.75) is 59.1 Å². The molecule has 0 saturated heterocycles. The number of hydrogen-bond acceptors (Lipinski definition) is 6. The summed E-state index contributed by atoms with van der Waals surface area (Å²) in [5.74, 6) is -0.117. The molecule has 7 nitrogen and oxygen atoms in total. The number of benzene rings is 2. The monoisotopic (exact) mass is 463 g/mol. The van der Waals surface area contributed by atoms with Gasteiger partial charge in [-0.25, -0.2) is 14.4 Å². The Morgan fingerprint density at radius 2 is 1.82 bits per heavy atom. The molecule has 1 N–H and O–H groups in total. The van der Waals surface area contributed by atoms with Crippen molar-refractivity contribution in [1.29, 1.82) is 0 Å². The van der Waals surface area contributed by atoms with E-state index >= 15 is 0 Å². The van der Waals surface area contributed by atoms with Gasteiger partial charge < -0.3 is 19.2 Å². The van der Waals surface area contributed by atoms with Crippen LogP contribution in [0.25, 0.3) is 11.0 Å². The summed E-state index contributed by atoms with van der Waals surface area (Å²) in [6.07, 6.45) is 1.93. The molecular weight excluding hydrogens is 434 g/mol. The van der Waals surface area contributed by atoms with Crippen LogP contribution in [0.5, 0.6) is 5.75 Å². The first-order valence-electron chi connectivity index (χ1n) is 11.6. The summed E-state index contributed by atoms with van der Waals surface area (Å²) in [6, 6.07) is 12.0. The van der Waals surface area contributed by atoms with Gasteiger partial charge in [-0.05, 0) is 67.3 Å². The number of amides is 1. The predicted octanol–water partition coefficient (Wildman–Crippen LogP) is 4.84. The molecule has 34 heavy (non-hydrogen) atoms. The van der Waals surface area contributed by atoms with Gasteiger partial charge in [-0.2, -0.15) is 0 Å². The maximum Gasteiger partial charge on any atom is 0.408 e. The van der Waals surface area contributed by atoms with Crippen molar-refractivity contribution in [3.05, 3.63) is 75.1 Å². The van der Waals surface area contributed by atoms with Gasteiger partial charge in [-0.3, -0.25) is 0 Å². The minimum absolute atomic E-state index is 0.101. The molecular formula is C27H29NO6. The van der Waals surface area contributed by atoms with Crippen LogP contribution in [-0.2, 0) is 29.0 Å². The van der Waals surface area contributed by atoms with Crippen molar-refractivity contribution in [3.63, 3.8) is 0 Å². The third-order valence-electron chi connectivity index (χ3n) is 5.89. The minimum Gasteiger partial charge on any atom is -0.445 e. The first-order chi connectivity index (χ1) is 16.3. The summed E-state index contributed by atoms with van der Waals surface area (Å²) in [5, 5.41) is 3.31. The van der Waals surface area contributed by atoms with E-state index in [9.17, 15) is 14.4 Å². The Balaban J connectivity index is 1.55. The van der Waals surface area contributed by atoms with Crippen molar-refractivity contribution in [2.24, 2.45) is 5.92 Å². The second kappa shape index (κ2) is 10.1. The highest BCUT2D eigenvalue weighted by Crippen LogP contribution is 2.35. The lowest BCUT2D eigenvalue weighted by Crippen LogP contribution is -2.44.